The number of ether oxygens (including phenoxy) is 1. The van der Waals surface area contributed by atoms with Crippen LogP contribution in [0.15, 0.2) is 35.4 Å². The van der Waals surface area contributed by atoms with Gasteiger partial charge in [0.15, 0.2) is 0 Å². The minimum atomic E-state index is -0.372. The number of aromatic nitrogens is 2. The normalized spacial score (nSPS) is 15.7. The van der Waals surface area contributed by atoms with E-state index < -0.39 is 0 Å². The predicted octanol–water partition coefficient (Wildman–Crippen LogP) is 0.147. The molecule has 1 aliphatic rings. The highest BCUT2D eigenvalue weighted by Gasteiger charge is 2.13. The van der Waals surface area contributed by atoms with Gasteiger partial charge in [-0.2, -0.15) is 0 Å². The van der Waals surface area contributed by atoms with E-state index in [1.807, 2.05) is 0 Å². The molecule has 1 aliphatic heterocycles. The second-order valence-corrected chi connectivity index (χ2v) is 5.47. The highest BCUT2D eigenvalue weighted by molar-refractivity contribution is 5.93. The molecular weight excluding hydrogens is 296 g/mol. The smallest absolute Gasteiger partial charge is 0.270 e. The number of carbonyl (C=O) groups is 1. The van der Waals surface area contributed by atoms with Crippen molar-refractivity contribution >= 4 is 11.6 Å². The SMILES string of the molecule is O=C(NCCCN1CCOCC1)c1cnc2ccccn2c1=O. The number of fused-ring (bicyclic) bond motifs is 1. The van der Waals surface area contributed by atoms with E-state index >= 15 is 0 Å². The summed E-state index contributed by atoms with van der Waals surface area (Å²) in [5, 5.41) is 2.79. The lowest BCUT2D eigenvalue weighted by Crippen LogP contribution is -2.38. The Morgan fingerprint density at radius 3 is 2.96 bits per heavy atom. The summed E-state index contributed by atoms with van der Waals surface area (Å²) in [6.45, 7) is 4.86. The summed E-state index contributed by atoms with van der Waals surface area (Å²) < 4.78 is 6.67. The molecule has 0 atom stereocenters. The standard InChI is InChI=1S/C16H20N4O3/c21-15(17-5-3-6-19-8-10-23-11-9-19)13-12-18-14-4-1-2-7-20(14)16(13)22/h1-2,4,7,12H,3,5-6,8-11H2,(H,17,21). The molecule has 0 aliphatic carbocycles. The predicted molar refractivity (Wildman–Crippen MR) is 85.7 cm³/mol. The van der Waals surface area contributed by atoms with Gasteiger partial charge in [0, 0.05) is 32.0 Å². The van der Waals surface area contributed by atoms with Gasteiger partial charge in [0.25, 0.3) is 11.5 Å². The molecule has 122 valence electrons. The first-order valence-corrected chi connectivity index (χ1v) is 7.80. The third kappa shape index (κ3) is 3.75. The molecule has 23 heavy (non-hydrogen) atoms. The largest absolute Gasteiger partial charge is 0.379 e. The average Bonchev–Trinajstić information content (AvgIpc) is 2.60. The summed E-state index contributed by atoms with van der Waals surface area (Å²) in [7, 11) is 0. The molecule has 0 unspecified atom stereocenters. The van der Waals surface area contributed by atoms with Gasteiger partial charge in [0.2, 0.25) is 0 Å². The minimum Gasteiger partial charge on any atom is -0.379 e. The van der Waals surface area contributed by atoms with E-state index in [2.05, 4.69) is 15.2 Å². The quantitative estimate of drug-likeness (QED) is 0.795. The van der Waals surface area contributed by atoms with E-state index in [4.69, 9.17) is 4.74 Å². The molecule has 3 heterocycles. The van der Waals surface area contributed by atoms with Crippen LogP contribution in [0.2, 0.25) is 0 Å². The summed E-state index contributed by atoms with van der Waals surface area (Å²) in [4.78, 5) is 30.9. The average molecular weight is 316 g/mol. The molecule has 1 N–H and O–H groups in total. The van der Waals surface area contributed by atoms with Crippen LogP contribution in [-0.4, -0.2) is 59.6 Å². The van der Waals surface area contributed by atoms with Crippen molar-refractivity contribution in [1.29, 1.82) is 0 Å². The third-order valence-electron chi connectivity index (χ3n) is 3.90. The first-order valence-electron chi connectivity index (χ1n) is 7.80. The molecular formula is C16H20N4O3. The Labute approximate surface area is 133 Å². The minimum absolute atomic E-state index is 0.0695. The number of pyridine rings is 1. The number of carbonyl (C=O) groups excluding carboxylic acids is 1. The lowest BCUT2D eigenvalue weighted by molar-refractivity contribution is 0.0374. The third-order valence-corrected chi connectivity index (χ3v) is 3.90. The second-order valence-electron chi connectivity index (χ2n) is 5.47. The lowest BCUT2D eigenvalue weighted by atomic mass is 10.3. The lowest BCUT2D eigenvalue weighted by Gasteiger charge is -2.26. The Hall–Kier alpha value is -2.25. The summed E-state index contributed by atoms with van der Waals surface area (Å²) in [5.74, 6) is -0.372. The summed E-state index contributed by atoms with van der Waals surface area (Å²) >= 11 is 0. The Morgan fingerprint density at radius 2 is 2.13 bits per heavy atom. The van der Waals surface area contributed by atoms with Gasteiger partial charge in [0.1, 0.15) is 11.2 Å². The maximum atomic E-state index is 12.3. The van der Waals surface area contributed by atoms with Crippen LogP contribution in [0.1, 0.15) is 16.8 Å². The zero-order chi connectivity index (χ0) is 16.1. The van der Waals surface area contributed by atoms with Crippen molar-refractivity contribution in [2.45, 2.75) is 6.42 Å². The Bertz CT molecular complexity index is 737. The van der Waals surface area contributed by atoms with Crippen molar-refractivity contribution in [1.82, 2.24) is 19.6 Å². The van der Waals surface area contributed by atoms with E-state index in [1.165, 1.54) is 10.6 Å². The van der Waals surface area contributed by atoms with Crippen molar-refractivity contribution in [2.24, 2.45) is 0 Å². The number of hydrogen-bond acceptors (Lipinski definition) is 5. The second kappa shape index (κ2) is 7.34. The van der Waals surface area contributed by atoms with E-state index in [0.717, 1.165) is 39.3 Å². The van der Waals surface area contributed by atoms with Crippen molar-refractivity contribution in [3.05, 3.63) is 46.5 Å². The van der Waals surface area contributed by atoms with Crippen LogP contribution in [-0.2, 0) is 4.74 Å². The molecule has 1 saturated heterocycles. The van der Waals surface area contributed by atoms with Gasteiger partial charge < -0.3 is 10.1 Å². The maximum Gasteiger partial charge on any atom is 0.270 e. The number of rotatable bonds is 5. The molecule has 2 aromatic rings. The molecule has 7 nitrogen and oxygen atoms in total. The molecule has 2 aromatic heterocycles. The summed E-state index contributed by atoms with van der Waals surface area (Å²) in [5.41, 5.74) is 0.253. The molecule has 1 fully saturated rings. The Balaban J connectivity index is 1.56. The van der Waals surface area contributed by atoms with E-state index in [1.54, 1.807) is 24.4 Å². The highest BCUT2D eigenvalue weighted by atomic mass is 16.5. The molecule has 0 aromatic carbocycles. The molecule has 0 spiro atoms. The van der Waals surface area contributed by atoms with Crippen LogP contribution in [0.25, 0.3) is 5.65 Å². The maximum absolute atomic E-state index is 12.3. The first kappa shape index (κ1) is 15.6. The van der Waals surface area contributed by atoms with Crippen molar-refractivity contribution < 1.29 is 9.53 Å². The number of morpholine rings is 1. The van der Waals surface area contributed by atoms with Crippen LogP contribution >= 0.6 is 0 Å². The molecule has 3 rings (SSSR count). The van der Waals surface area contributed by atoms with E-state index in [0.29, 0.717) is 12.2 Å². The monoisotopic (exact) mass is 316 g/mol. The van der Waals surface area contributed by atoms with Gasteiger partial charge >= 0.3 is 0 Å². The molecule has 0 radical (unpaired) electrons. The summed E-state index contributed by atoms with van der Waals surface area (Å²) in [6, 6.07) is 5.26. The first-order chi connectivity index (χ1) is 11.3. The van der Waals surface area contributed by atoms with Crippen LogP contribution < -0.4 is 10.9 Å². The van der Waals surface area contributed by atoms with E-state index in [9.17, 15) is 9.59 Å². The molecule has 0 bridgehead atoms. The van der Waals surface area contributed by atoms with Gasteiger partial charge in [0.05, 0.1) is 13.2 Å². The van der Waals surface area contributed by atoms with E-state index in [-0.39, 0.29) is 17.0 Å². The van der Waals surface area contributed by atoms with Gasteiger partial charge in [-0.05, 0) is 25.1 Å². The van der Waals surface area contributed by atoms with Gasteiger partial charge in [-0.25, -0.2) is 4.98 Å². The fourth-order valence-corrected chi connectivity index (χ4v) is 2.61. The number of nitrogens with zero attached hydrogens (tertiary/aromatic N) is 3. The molecule has 0 saturated carbocycles. The zero-order valence-electron chi connectivity index (χ0n) is 12.9. The number of amides is 1. The van der Waals surface area contributed by atoms with Gasteiger partial charge in [-0.1, -0.05) is 6.07 Å². The Kier molecular flexibility index (Phi) is 4.99. The number of nitrogens with one attached hydrogen (secondary N) is 1. The zero-order valence-corrected chi connectivity index (χ0v) is 12.9. The van der Waals surface area contributed by atoms with Crippen molar-refractivity contribution in [3.63, 3.8) is 0 Å². The van der Waals surface area contributed by atoms with Crippen molar-refractivity contribution in [2.75, 3.05) is 39.4 Å². The van der Waals surface area contributed by atoms with Gasteiger partial charge in [-0.15, -0.1) is 0 Å². The summed E-state index contributed by atoms with van der Waals surface area (Å²) in [6.07, 6.45) is 3.79. The number of hydrogen-bond donors (Lipinski definition) is 1. The van der Waals surface area contributed by atoms with Gasteiger partial charge in [-0.3, -0.25) is 18.9 Å². The van der Waals surface area contributed by atoms with Crippen LogP contribution in [0.4, 0.5) is 0 Å². The van der Waals surface area contributed by atoms with Crippen molar-refractivity contribution in [3.8, 4) is 0 Å². The Morgan fingerprint density at radius 1 is 1.30 bits per heavy atom. The fraction of sp³-hybridized carbons (Fsp3) is 0.438. The highest BCUT2D eigenvalue weighted by Crippen LogP contribution is 1.99. The van der Waals surface area contributed by atoms with Crippen LogP contribution in [0.5, 0.6) is 0 Å². The molecule has 7 heteroatoms. The van der Waals surface area contributed by atoms with Crippen LogP contribution in [0, 0.1) is 0 Å². The fourth-order valence-electron chi connectivity index (χ4n) is 2.61. The topological polar surface area (TPSA) is 75.9 Å². The van der Waals surface area contributed by atoms with Crippen LogP contribution in [0.3, 0.4) is 0 Å². The molecule has 1 amide bonds.